The van der Waals surface area contributed by atoms with Gasteiger partial charge < -0.3 is 4.74 Å². The smallest absolute Gasteiger partial charge is 0.323 e. The van der Waals surface area contributed by atoms with Crippen molar-refractivity contribution in [3.63, 3.8) is 0 Å². The summed E-state index contributed by atoms with van der Waals surface area (Å²) < 4.78 is 5.09. The molecule has 17 heavy (non-hydrogen) atoms. The van der Waals surface area contributed by atoms with Crippen LogP contribution in [0.25, 0.3) is 0 Å². The molecule has 0 spiro atoms. The van der Waals surface area contributed by atoms with Crippen molar-refractivity contribution in [1.29, 1.82) is 0 Å². The zero-order chi connectivity index (χ0) is 12.1. The summed E-state index contributed by atoms with van der Waals surface area (Å²) in [7, 11) is 0. The van der Waals surface area contributed by atoms with Gasteiger partial charge in [0.25, 0.3) is 0 Å². The van der Waals surface area contributed by atoms with Gasteiger partial charge >= 0.3 is 5.97 Å². The average Bonchev–Trinajstić information content (AvgIpc) is 2.79. The Labute approximate surface area is 102 Å². The zero-order valence-corrected chi connectivity index (χ0v) is 10.1. The number of hydrogen-bond donors (Lipinski definition) is 0. The summed E-state index contributed by atoms with van der Waals surface area (Å²) in [6.07, 6.45) is 3.73. The number of nitrogens with zero attached hydrogens (tertiary/aromatic N) is 2. The molecule has 1 aliphatic rings. The van der Waals surface area contributed by atoms with Crippen molar-refractivity contribution >= 4 is 5.97 Å². The van der Waals surface area contributed by atoms with E-state index in [4.69, 9.17) is 4.74 Å². The first-order chi connectivity index (χ1) is 8.31. The lowest BCUT2D eigenvalue weighted by Crippen LogP contribution is -2.37. The van der Waals surface area contributed by atoms with E-state index in [0.717, 1.165) is 31.6 Å². The van der Waals surface area contributed by atoms with Crippen molar-refractivity contribution in [2.75, 3.05) is 13.2 Å². The molecule has 1 atom stereocenters. The minimum atomic E-state index is -0.0964. The van der Waals surface area contributed by atoms with Crippen molar-refractivity contribution in [3.8, 4) is 0 Å². The molecule has 0 aromatic carbocycles. The van der Waals surface area contributed by atoms with Crippen LogP contribution in [0.4, 0.5) is 0 Å². The van der Waals surface area contributed by atoms with E-state index in [0.29, 0.717) is 6.61 Å². The van der Waals surface area contributed by atoms with Gasteiger partial charge in [-0.1, -0.05) is 6.07 Å². The summed E-state index contributed by atoms with van der Waals surface area (Å²) in [4.78, 5) is 18.2. The predicted octanol–water partition coefficient (Wildman–Crippen LogP) is 1.61. The molecule has 4 nitrogen and oxygen atoms in total. The second-order valence-electron chi connectivity index (χ2n) is 4.20. The van der Waals surface area contributed by atoms with Gasteiger partial charge in [0.1, 0.15) is 6.04 Å². The highest BCUT2D eigenvalue weighted by Crippen LogP contribution is 2.20. The van der Waals surface area contributed by atoms with Crippen LogP contribution in [0.3, 0.4) is 0 Å². The quantitative estimate of drug-likeness (QED) is 0.742. The predicted molar refractivity (Wildman–Crippen MR) is 64.3 cm³/mol. The number of carbonyl (C=O) groups excluding carboxylic acids is 1. The fraction of sp³-hybridized carbons (Fsp3) is 0.538. The summed E-state index contributed by atoms with van der Waals surface area (Å²) in [6, 6.07) is 5.77. The number of carbonyl (C=O) groups is 1. The van der Waals surface area contributed by atoms with Gasteiger partial charge in [-0.25, -0.2) is 0 Å². The monoisotopic (exact) mass is 234 g/mol. The van der Waals surface area contributed by atoms with Gasteiger partial charge in [0.2, 0.25) is 0 Å². The third-order valence-corrected chi connectivity index (χ3v) is 3.01. The second-order valence-corrected chi connectivity index (χ2v) is 4.20. The van der Waals surface area contributed by atoms with Crippen LogP contribution in [-0.2, 0) is 16.1 Å². The van der Waals surface area contributed by atoms with E-state index >= 15 is 0 Å². The fourth-order valence-corrected chi connectivity index (χ4v) is 2.22. The van der Waals surface area contributed by atoms with Crippen molar-refractivity contribution in [2.45, 2.75) is 32.4 Å². The largest absolute Gasteiger partial charge is 0.465 e. The molecule has 92 valence electrons. The van der Waals surface area contributed by atoms with Crippen LogP contribution in [0, 0.1) is 0 Å². The van der Waals surface area contributed by atoms with E-state index in [1.165, 1.54) is 0 Å². The molecule has 0 bridgehead atoms. The van der Waals surface area contributed by atoms with E-state index in [1.807, 2.05) is 25.1 Å². The van der Waals surface area contributed by atoms with Crippen molar-refractivity contribution in [2.24, 2.45) is 0 Å². The SMILES string of the molecule is CCOC(=O)C1CCCN1Cc1ccccn1. The fourth-order valence-electron chi connectivity index (χ4n) is 2.22. The second kappa shape index (κ2) is 5.77. The Balaban J connectivity index is 1.98. The van der Waals surface area contributed by atoms with Gasteiger partial charge in [-0.15, -0.1) is 0 Å². The van der Waals surface area contributed by atoms with Crippen molar-refractivity contribution < 1.29 is 9.53 Å². The molecule has 0 amide bonds. The van der Waals surface area contributed by atoms with E-state index < -0.39 is 0 Å². The van der Waals surface area contributed by atoms with E-state index in [-0.39, 0.29) is 12.0 Å². The number of aromatic nitrogens is 1. The van der Waals surface area contributed by atoms with Crippen molar-refractivity contribution in [1.82, 2.24) is 9.88 Å². The summed E-state index contributed by atoms with van der Waals surface area (Å²) >= 11 is 0. The summed E-state index contributed by atoms with van der Waals surface area (Å²) in [6.45, 7) is 3.97. The third-order valence-electron chi connectivity index (χ3n) is 3.01. The Kier molecular flexibility index (Phi) is 4.09. The maximum atomic E-state index is 11.8. The lowest BCUT2D eigenvalue weighted by molar-refractivity contribution is -0.148. The van der Waals surface area contributed by atoms with Crippen LogP contribution in [-0.4, -0.2) is 35.0 Å². The molecule has 1 aromatic heterocycles. The van der Waals surface area contributed by atoms with Crippen molar-refractivity contribution in [3.05, 3.63) is 30.1 Å². The lowest BCUT2D eigenvalue weighted by atomic mass is 10.2. The lowest BCUT2D eigenvalue weighted by Gasteiger charge is -2.22. The third kappa shape index (κ3) is 3.03. The number of hydrogen-bond acceptors (Lipinski definition) is 4. The Morgan fingerprint density at radius 3 is 3.18 bits per heavy atom. The molecule has 1 aliphatic heterocycles. The summed E-state index contributed by atoms with van der Waals surface area (Å²) in [5, 5.41) is 0. The van der Waals surface area contributed by atoms with Crippen LogP contribution in [0.2, 0.25) is 0 Å². The molecule has 0 radical (unpaired) electrons. The van der Waals surface area contributed by atoms with E-state index in [1.54, 1.807) is 6.20 Å². The molecule has 0 aliphatic carbocycles. The maximum absolute atomic E-state index is 11.8. The normalized spacial score (nSPS) is 20.4. The van der Waals surface area contributed by atoms with Gasteiger partial charge in [0.05, 0.1) is 12.3 Å². The topological polar surface area (TPSA) is 42.4 Å². The first-order valence-electron chi connectivity index (χ1n) is 6.12. The first-order valence-corrected chi connectivity index (χ1v) is 6.12. The summed E-state index contributed by atoms with van der Waals surface area (Å²) in [5.41, 5.74) is 1.00. The van der Waals surface area contributed by atoms with Gasteiger partial charge in [-0.05, 0) is 38.4 Å². The summed E-state index contributed by atoms with van der Waals surface area (Å²) in [5.74, 6) is -0.0964. The molecule has 1 aromatic rings. The van der Waals surface area contributed by atoms with Crippen LogP contribution in [0.15, 0.2) is 24.4 Å². The van der Waals surface area contributed by atoms with E-state index in [9.17, 15) is 4.79 Å². The molecule has 2 rings (SSSR count). The van der Waals surface area contributed by atoms with E-state index in [2.05, 4.69) is 9.88 Å². The molecule has 4 heteroatoms. The van der Waals surface area contributed by atoms with Gasteiger partial charge in [-0.2, -0.15) is 0 Å². The number of esters is 1. The Bertz CT molecular complexity index is 367. The highest BCUT2D eigenvalue weighted by molar-refractivity contribution is 5.76. The van der Waals surface area contributed by atoms with Crippen LogP contribution < -0.4 is 0 Å². The number of pyridine rings is 1. The molecule has 1 unspecified atom stereocenters. The van der Waals surface area contributed by atoms with Gasteiger partial charge in [0, 0.05) is 12.7 Å². The number of rotatable bonds is 4. The van der Waals surface area contributed by atoms with Gasteiger partial charge in [-0.3, -0.25) is 14.7 Å². The highest BCUT2D eigenvalue weighted by Gasteiger charge is 2.31. The molecule has 0 saturated carbocycles. The number of ether oxygens (including phenoxy) is 1. The maximum Gasteiger partial charge on any atom is 0.323 e. The van der Waals surface area contributed by atoms with Gasteiger partial charge in [0.15, 0.2) is 0 Å². The average molecular weight is 234 g/mol. The molecule has 0 N–H and O–H groups in total. The molecule has 1 fully saturated rings. The Morgan fingerprint density at radius 2 is 2.47 bits per heavy atom. The molecular formula is C13H18N2O2. The molecular weight excluding hydrogens is 216 g/mol. The molecule has 2 heterocycles. The molecule has 1 saturated heterocycles. The Hall–Kier alpha value is -1.42. The first kappa shape index (κ1) is 12.0. The highest BCUT2D eigenvalue weighted by atomic mass is 16.5. The van der Waals surface area contributed by atoms with Crippen LogP contribution >= 0.6 is 0 Å². The standard InChI is InChI=1S/C13H18N2O2/c1-2-17-13(16)12-7-5-9-15(12)10-11-6-3-4-8-14-11/h3-4,6,8,12H,2,5,7,9-10H2,1H3. The van der Waals surface area contributed by atoms with Crippen LogP contribution in [0.1, 0.15) is 25.5 Å². The minimum Gasteiger partial charge on any atom is -0.465 e. The minimum absolute atomic E-state index is 0.0862. The zero-order valence-electron chi connectivity index (χ0n) is 10.1. The van der Waals surface area contributed by atoms with Crippen LogP contribution in [0.5, 0.6) is 0 Å². The number of likely N-dealkylation sites (tertiary alicyclic amines) is 1. The Morgan fingerprint density at radius 1 is 1.59 bits per heavy atom.